The minimum absolute atomic E-state index is 0.513. The zero-order chi connectivity index (χ0) is 13.0. The largest absolute Gasteiger partial charge is 0.481 e. The Labute approximate surface area is 107 Å². The number of carbonyl (C=O) groups is 1. The van der Waals surface area contributed by atoms with Crippen molar-refractivity contribution in [1.82, 2.24) is 4.98 Å². The number of aliphatic carboxylic acids is 1. The van der Waals surface area contributed by atoms with Crippen molar-refractivity contribution in [3.05, 3.63) is 23.9 Å². The Hall–Kier alpha value is -1.58. The molecule has 0 saturated heterocycles. The highest BCUT2D eigenvalue weighted by Crippen LogP contribution is 2.40. The molecule has 0 bridgehead atoms. The van der Waals surface area contributed by atoms with Crippen molar-refractivity contribution < 1.29 is 14.6 Å². The topological polar surface area (TPSA) is 59.4 Å². The van der Waals surface area contributed by atoms with Crippen LogP contribution in [0.3, 0.4) is 0 Å². The number of hydrogen-bond acceptors (Lipinski definition) is 3. The fraction of sp³-hybridized carbons (Fsp3) is 0.571. The molecule has 0 spiro atoms. The van der Waals surface area contributed by atoms with E-state index in [0.29, 0.717) is 12.3 Å². The summed E-state index contributed by atoms with van der Waals surface area (Å²) < 4.78 is 5.21. The Bertz CT molecular complexity index is 425. The second kappa shape index (κ2) is 5.38. The Morgan fingerprint density at radius 3 is 2.78 bits per heavy atom. The van der Waals surface area contributed by atoms with Gasteiger partial charge in [0.15, 0.2) is 0 Å². The van der Waals surface area contributed by atoms with Gasteiger partial charge in [-0.1, -0.05) is 25.3 Å². The van der Waals surface area contributed by atoms with Crippen LogP contribution in [0.25, 0.3) is 0 Å². The average Bonchev–Trinajstić information content (AvgIpc) is 2.40. The monoisotopic (exact) mass is 249 g/mol. The summed E-state index contributed by atoms with van der Waals surface area (Å²) in [5, 5.41) is 9.55. The molecule has 1 aromatic heterocycles. The van der Waals surface area contributed by atoms with E-state index >= 15 is 0 Å². The van der Waals surface area contributed by atoms with E-state index in [-0.39, 0.29) is 0 Å². The van der Waals surface area contributed by atoms with Gasteiger partial charge < -0.3 is 9.84 Å². The smallest absolute Gasteiger partial charge is 0.309 e. The molecule has 0 atom stereocenters. The van der Waals surface area contributed by atoms with E-state index in [9.17, 15) is 9.90 Å². The maximum atomic E-state index is 11.6. The summed E-state index contributed by atoms with van der Waals surface area (Å²) >= 11 is 0. The van der Waals surface area contributed by atoms with Gasteiger partial charge in [0.2, 0.25) is 5.88 Å². The van der Waals surface area contributed by atoms with Crippen LogP contribution >= 0.6 is 0 Å². The van der Waals surface area contributed by atoms with Crippen molar-refractivity contribution in [1.29, 1.82) is 0 Å². The van der Waals surface area contributed by atoms with Crippen molar-refractivity contribution in [3.63, 3.8) is 0 Å². The van der Waals surface area contributed by atoms with Gasteiger partial charge in [-0.25, -0.2) is 4.98 Å². The lowest BCUT2D eigenvalue weighted by molar-refractivity contribution is -0.151. The third-order valence-electron chi connectivity index (χ3n) is 3.84. The van der Waals surface area contributed by atoms with Gasteiger partial charge in [0.25, 0.3) is 0 Å². The minimum Gasteiger partial charge on any atom is -0.481 e. The Morgan fingerprint density at radius 1 is 1.44 bits per heavy atom. The second-order valence-electron chi connectivity index (χ2n) is 4.99. The molecule has 0 amide bonds. The van der Waals surface area contributed by atoms with E-state index in [1.54, 1.807) is 13.3 Å². The maximum absolute atomic E-state index is 11.6. The van der Waals surface area contributed by atoms with Crippen LogP contribution in [0, 0.1) is 5.41 Å². The number of carboxylic acids is 1. The van der Waals surface area contributed by atoms with Crippen molar-refractivity contribution in [2.75, 3.05) is 7.11 Å². The molecule has 0 aliphatic heterocycles. The molecule has 1 fully saturated rings. The summed E-state index contributed by atoms with van der Waals surface area (Å²) in [6, 6.07) is 3.74. The highest BCUT2D eigenvalue weighted by molar-refractivity contribution is 5.75. The van der Waals surface area contributed by atoms with Gasteiger partial charge in [-0.15, -0.1) is 0 Å². The minimum atomic E-state index is -0.687. The van der Waals surface area contributed by atoms with Crippen LogP contribution < -0.4 is 4.74 Å². The molecule has 2 rings (SSSR count). The first kappa shape index (κ1) is 12.9. The zero-order valence-corrected chi connectivity index (χ0v) is 10.7. The van der Waals surface area contributed by atoms with E-state index in [4.69, 9.17) is 4.74 Å². The first-order chi connectivity index (χ1) is 8.68. The molecule has 98 valence electrons. The third-order valence-corrected chi connectivity index (χ3v) is 3.84. The van der Waals surface area contributed by atoms with E-state index in [1.165, 1.54) is 0 Å². The number of ether oxygens (including phenoxy) is 1. The van der Waals surface area contributed by atoms with Gasteiger partial charge in [0.05, 0.1) is 12.5 Å². The molecule has 1 aliphatic carbocycles. The Kier molecular flexibility index (Phi) is 3.84. The molecule has 1 aromatic rings. The maximum Gasteiger partial charge on any atom is 0.309 e. The summed E-state index contributed by atoms with van der Waals surface area (Å²) in [6.07, 6.45) is 6.81. The van der Waals surface area contributed by atoms with Crippen molar-refractivity contribution in [3.8, 4) is 5.88 Å². The quantitative estimate of drug-likeness (QED) is 0.891. The molecular weight excluding hydrogens is 230 g/mol. The summed E-state index contributed by atoms with van der Waals surface area (Å²) in [4.78, 5) is 15.8. The second-order valence-corrected chi connectivity index (χ2v) is 4.99. The highest BCUT2D eigenvalue weighted by Gasteiger charge is 2.40. The normalized spacial score (nSPS) is 18.3. The van der Waals surface area contributed by atoms with Crippen molar-refractivity contribution >= 4 is 5.97 Å². The molecule has 4 nitrogen and oxygen atoms in total. The number of nitrogens with zero attached hydrogens (tertiary/aromatic N) is 1. The summed E-state index contributed by atoms with van der Waals surface area (Å²) in [5.74, 6) is -0.142. The zero-order valence-electron chi connectivity index (χ0n) is 10.7. The molecule has 18 heavy (non-hydrogen) atoms. The average molecular weight is 249 g/mol. The van der Waals surface area contributed by atoms with E-state index in [1.807, 2.05) is 12.1 Å². The van der Waals surface area contributed by atoms with Gasteiger partial charge in [0.1, 0.15) is 0 Å². The van der Waals surface area contributed by atoms with Crippen molar-refractivity contribution in [2.24, 2.45) is 5.41 Å². The summed E-state index contributed by atoms with van der Waals surface area (Å²) in [6.45, 7) is 0. The van der Waals surface area contributed by atoms with Crippen LogP contribution in [-0.4, -0.2) is 23.2 Å². The molecule has 1 saturated carbocycles. The van der Waals surface area contributed by atoms with E-state index in [2.05, 4.69) is 4.98 Å². The van der Waals surface area contributed by atoms with Gasteiger partial charge in [-0.2, -0.15) is 0 Å². The Morgan fingerprint density at radius 2 is 2.17 bits per heavy atom. The van der Waals surface area contributed by atoms with Gasteiger partial charge >= 0.3 is 5.97 Å². The lowest BCUT2D eigenvalue weighted by Gasteiger charge is -2.33. The number of aromatic nitrogens is 1. The molecule has 1 heterocycles. The van der Waals surface area contributed by atoms with Crippen LogP contribution in [0.2, 0.25) is 0 Å². The predicted octanol–water partition coefficient (Wildman–Crippen LogP) is 2.67. The van der Waals surface area contributed by atoms with Gasteiger partial charge in [-0.3, -0.25) is 4.79 Å². The molecular formula is C14H19NO3. The predicted molar refractivity (Wildman–Crippen MR) is 67.6 cm³/mol. The van der Waals surface area contributed by atoms with Gasteiger partial charge in [0, 0.05) is 11.8 Å². The van der Waals surface area contributed by atoms with Crippen LogP contribution in [0.4, 0.5) is 0 Å². The fourth-order valence-corrected chi connectivity index (χ4v) is 2.80. The highest BCUT2D eigenvalue weighted by atomic mass is 16.5. The van der Waals surface area contributed by atoms with Crippen LogP contribution in [0.15, 0.2) is 18.3 Å². The molecule has 0 unspecified atom stereocenters. The Balaban J connectivity index is 2.26. The molecule has 1 aliphatic rings. The number of methoxy groups -OCH3 is 1. The first-order valence-electron chi connectivity index (χ1n) is 6.39. The number of rotatable bonds is 4. The molecule has 0 radical (unpaired) electrons. The number of hydrogen-bond donors (Lipinski definition) is 1. The molecule has 0 aromatic carbocycles. The first-order valence-corrected chi connectivity index (χ1v) is 6.39. The van der Waals surface area contributed by atoms with Crippen LogP contribution in [-0.2, 0) is 11.2 Å². The molecule has 1 N–H and O–H groups in total. The number of carboxylic acid groups (broad SMARTS) is 1. The van der Waals surface area contributed by atoms with E-state index in [0.717, 1.165) is 37.7 Å². The van der Waals surface area contributed by atoms with E-state index < -0.39 is 11.4 Å². The fourth-order valence-electron chi connectivity index (χ4n) is 2.80. The van der Waals surface area contributed by atoms with Crippen LogP contribution in [0.5, 0.6) is 5.88 Å². The summed E-state index contributed by atoms with van der Waals surface area (Å²) in [7, 11) is 1.57. The van der Waals surface area contributed by atoms with Gasteiger partial charge in [-0.05, 0) is 25.3 Å². The molecule has 4 heteroatoms. The lowest BCUT2D eigenvalue weighted by Crippen LogP contribution is -2.35. The SMILES string of the molecule is COc1ncccc1CC1(C(=O)O)CCCCC1. The third kappa shape index (κ3) is 2.47. The van der Waals surface area contributed by atoms with Crippen LogP contribution in [0.1, 0.15) is 37.7 Å². The summed E-state index contributed by atoms with van der Waals surface area (Å²) in [5.41, 5.74) is 0.262. The standard InChI is InChI=1S/C14H19NO3/c1-18-12-11(6-5-9-15-12)10-14(13(16)17)7-3-2-4-8-14/h5-6,9H,2-4,7-8,10H2,1H3,(H,16,17). The number of pyridine rings is 1. The van der Waals surface area contributed by atoms with Crippen molar-refractivity contribution in [2.45, 2.75) is 38.5 Å². The lowest BCUT2D eigenvalue weighted by atomic mass is 9.70.